The van der Waals surface area contributed by atoms with E-state index in [2.05, 4.69) is 11.9 Å². The molecule has 1 heterocycles. The van der Waals surface area contributed by atoms with Crippen molar-refractivity contribution in [2.75, 3.05) is 26.2 Å². The molecule has 20 heavy (non-hydrogen) atoms. The Morgan fingerprint density at radius 1 is 1.50 bits per heavy atom. The first kappa shape index (κ1) is 16.9. The minimum atomic E-state index is -3.73. The molecule has 0 amide bonds. The number of sulfonamides is 1. The third-order valence-electron chi connectivity index (χ3n) is 2.64. The largest absolute Gasteiger partial charge is 0.447 e. The van der Waals surface area contributed by atoms with Crippen LogP contribution in [-0.4, -0.2) is 44.1 Å². The lowest BCUT2D eigenvalue weighted by atomic mass is 10.4. The van der Waals surface area contributed by atoms with Gasteiger partial charge in [0.15, 0.2) is 0 Å². The van der Waals surface area contributed by atoms with Crippen LogP contribution in [0.25, 0.3) is 0 Å². The third-order valence-corrected chi connectivity index (χ3v) is 4.38. The van der Waals surface area contributed by atoms with Gasteiger partial charge in [-0.1, -0.05) is 13.0 Å². The van der Waals surface area contributed by atoms with Gasteiger partial charge in [-0.2, -0.15) is 4.31 Å². The van der Waals surface area contributed by atoms with Crippen LogP contribution in [0.3, 0.4) is 0 Å². The Balaban J connectivity index is 2.83. The van der Waals surface area contributed by atoms with E-state index in [9.17, 15) is 8.42 Å². The molecule has 1 aromatic rings. The van der Waals surface area contributed by atoms with Crippen molar-refractivity contribution in [3.8, 4) is 0 Å². The van der Waals surface area contributed by atoms with Crippen molar-refractivity contribution in [2.45, 2.75) is 25.0 Å². The van der Waals surface area contributed by atoms with Crippen molar-refractivity contribution in [1.82, 2.24) is 9.62 Å². The molecular weight excluding hydrogens is 280 g/mol. The Bertz CT molecular complexity index is 510. The van der Waals surface area contributed by atoms with Gasteiger partial charge >= 0.3 is 0 Å². The van der Waals surface area contributed by atoms with E-state index in [1.165, 1.54) is 12.1 Å². The molecule has 1 aromatic heterocycles. The van der Waals surface area contributed by atoms with Gasteiger partial charge in [0, 0.05) is 13.1 Å². The molecule has 0 bridgehead atoms. The van der Waals surface area contributed by atoms with Crippen LogP contribution in [0.1, 0.15) is 19.1 Å². The molecule has 0 aliphatic carbocycles. The summed E-state index contributed by atoms with van der Waals surface area (Å²) in [4.78, 5) is 0. The van der Waals surface area contributed by atoms with Crippen molar-refractivity contribution in [1.29, 1.82) is 0 Å². The first-order valence-electron chi connectivity index (χ1n) is 6.57. The number of hydrogen-bond acceptors (Lipinski definition) is 5. The van der Waals surface area contributed by atoms with Crippen molar-refractivity contribution >= 4 is 10.0 Å². The Kier molecular flexibility index (Phi) is 6.94. The quantitative estimate of drug-likeness (QED) is 0.497. The van der Waals surface area contributed by atoms with Crippen LogP contribution in [0.4, 0.5) is 0 Å². The molecule has 7 heteroatoms. The molecule has 0 fully saturated rings. The molecule has 0 radical (unpaired) electrons. The summed E-state index contributed by atoms with van der Waals surface area (Å²) in [5.74, 6) is 0.569. The summed E-state index contributed by atoms with van der Waals surface area (Å²) in [7, 11) is -3.73. The number of nitrogens with one attached hydrogen (secondary N) is 1. The summed E-state index contributed by atoms with van der Waals surface area (Å²) in [6.07, 6.45) is 2.47. The zero-order valence-corrected chi connectivity index (χ0v) is 12.5. The Hall–Kier alpha value is -1.15. The highest BCUT2D eigenvalue weighted by Crippen LogP contribution is 2.18. The summed E-state index contributed by atoms with van der Waals surface area (Å²) < 4.78 is 31.1. The molecule has 2 N–H and O–H groups in total. The maximum absolute atomic E-state index is 12.3. The Labute approximate surface area is 120 Å². The Morgan fingerprint density at radius 3 is 2.85 bits per heavy atom. The number of aliphatic hydroxyl groups is 1. The SMILES string of the molecule is C=CCN(CCO)S(=O)(=O)c1ccc(CNCCC)o1. The monoisotopic (exact) mass is 302 g/mol. The van der Waals surface area contributed by atoms with E-state index in [0.717, 1.165) is 17.3 Å². The molecule has 1 rings (SSSR count). The fourth-order valence-corrected chi connectivity index (χ4v) is 3.00. The van der Waals surface area contributed by atoms with E-state index in [1.807, 2.05) is 6.92 Å². The zero-order chi connectivity index (χ0) is 15.0. The summed E-state index contributed by atoms with van der Waals surface area (Å²) in [5.41, 5.74) is 0. The van der Waals surface area contributed by atoms with Gasteiger partial charge in [-0.15, -0.1) is 6.58 Å². The van der Waals surface area contributed by atoms with Crippen LogP contribution < -0.4 is 5.32 Å². The molecule has 0 spiro atoms. The van der Waals surface area contributed by atoms with Gasteiger partial charge in [0.05, 0.1) is 13.2 Å². The number of hydrogen-bond donors (Lipinski definition) is 2. The molecule has 0 unspecified atom stereocenters. The van der Waals surface area contributed by atoms with Crippen LogP contribution >= 0.6 is 0 Å². The number of rotatable bonds is 10. The fraction of sp³-hybridized carbons (Fsp3) is 0.538. The summed E-state index contributed by atoms with van der Waals surface area (Å²) in [5, 5.41) is 12.0. The van der Waals surface area contributed by atoms with Gasteiger partial charge in [-0.05, 0) is 25.1 Å². The topological polar surface area (TPSA) is 82.8 Å². The van der Waals surface area contributed by atoms with E-state index >= 15 is 0 Å². The first-order valence-corrected chi connectivity index (χ1v) is 8.01. The molecule has 0 atom stereocenters. The van der Waals surface area contributed by atoms with Crippen LogP contribution in [0.5, 0.6) is 0 Å². The minimum Gasteiger partial charge on any atom is -0.447 e. The van der Waals surface area contributed by atoms with E-state index in [4.69, 9.17) is 9.52 Å². The summed E-state index contributed by atoms with van der Waals surface area (Å²) in [6, 6.07) is 3.08. The van der Waals surface area contributed by atoms with Crippen LogP contribution in [0.15, 0.2) is 34.3 Å². The minimum absolute atomic E-state index is 0.0124. The third kappa shape index (κ3) is 4.45. The zero-order valence-electron chi connectivity index (χ0n) is 11.7. The second-order valence-corrected chi connectivity index (χ2v) is 6.14. The lowest BCUT2D eigenvalue weighted by Crippen LogP contribution is -2.33. The number of furan rings is 1. The van der Waals surface area contributed by atoms with E-state index in [-0.39, 0.29) is 24.8 Å². The van der Waals surface area contributed by atoms with E-state index in [1.54, 1.807) is 6.07 Å². The normalized spacial score (nSPS) is 11.9. The Morgan fingerprint density at radius 2 is 2.25 bits per heavy atom. The van der Waals surface area contributed by atoms with Crippen LogP contribution in [0, 0.1) is 0 Å². The lowest BCUT2D eigenvalue weighted by molar-refractivity contribution is 0.257. The smallest absolute Gasteiger partial charge is 0.276 e. The summed E-state index contributed by atoms with van der Waals surface area (Å²) >= 11 is 0. The highest BCUT2D eigenvalue weighted by Gasteiger charge is 2.26. The van der Waals surface area contributed by atoms with Gasteiger partial charge in [-0.3, -0.25) is 0 Å². The average Bonchev–Trinajstić information content (AvgIpc) is 2.88. The molecule has 0 aliphatic rings. The van der Waals surface area contributed by atoms with Crippen molar-refractivity contribution in [3.05, 3.63) is 30.5 Å². The molecule has 0 saturated heterocycles. The number of aliphatic hydroxyl groups excluding tert-OH is 1. The van der Waals surface area contributed by atoms with Gasteiger partial charge in [0.25, 0.3) is 10.0 Å². The predicted molar refractivity (Wildman–Crippen MR) is 76.7 cm³/mol. The van der Waals surface area contributed by atoms with Gasteiger partial charge in [-0.25, -0.2) is 8.42 Å². The highest BCUT2D eigenvalue weighted by atomic mass is 32.2. The van der Waals surface area contributed by atoms with E-state index < -0.39 is 10.0 Å². The predicted octanol–water partition coefficient (Wildman–Crippen LogP) is 0.948. The van der Waals surface area contributed by atoms with Gasteiger partial charge in [0.1, 0.15) is 5.76 Å². The second kappa shape index (κ2) is 8.21. The fourth-order valence-electron chi connectivity index (χ4n) is 1.67. The summed E-state index contributed by atoms with van der Waals surface area (Å²) in [6.45, 7) is 6.79. The standard InChI is InChI=1S/C13H22N2O4S/c1-3-7-14-11-12-5-6-13(19-12)20(17,18)15(8-4-2)9-10-16/h4-6,14,16H,2-3,7-11H2,1H3. The van der Waals surface area contributed by atoms with Crippen molar-refractivity contribution in [3.63, 3.8) is 0 Å². The first-order chi connectivity index (χ1) is 9.56. The van der Waals surface area contributed by atoms with Crippen LogP contribution in [-0.2, 0) is 16.6 Å². The molecule has 0 aliphatic heterocycles. The molecule has 0 saturated carbocycles. The second-order valence-electron chi connectivity index (χ2n) is 4.27. The van der Waals surface area contributed by atoms with Gasteiger partial charge < -0.3 is 14.8 Å². The number of nitrogens with zero attached hydrogens (tertiary/aromatic N) is 1. The van der Waals surface area contributed by atoms with Gasteiger partial charge in [0.2, 0.25) is 5.09 Å². The van der Waals surface area contributed by atoms with Crippen molar-refractivity contribution < 1.29 is 17.9 Å². The molecular formula is C13H22N2O4S. The lowest BCUT2D eigenvalue weighted by Gasteiger charge is -2.17. The molecule has 114 valence electrons. The maximum atomic E-state index is 12.3. The van der Waals surface area contributed by atoms with Crippen LogP contribution in [0.2, 0.25) is 0 Å². The molecule has 6 nitrogen and oxygen atoms in total. The maximum Gasteiger partial charge on any atom is 0.276 e. The average molecular weight is 302 g/mol. The van der Waals surface area contributed by atoms with E-state index in [0.29, 0.717) is 12.3 Å². The molecule has 0 aromatic carbocycles. The highest BCUT2D eigenvalue weighted by molar-refractivity contribution is 7.89. The van der Waals surface area contributed by atoms with Crippen molar-refractivity contribution in [2.24, 2.45) is 0 Å².